The summed E-state index contributed by atoms with van der Waals surface area (Å²) in [6.45, 7) is -0.806. The second-order valence-electron chi connectivity index (χ2n) is 6.80. The zero-order valence-corrected chi connectivity index (χ0v) is 18.1. The lowest BCUT2D eigenvalue weighted by Gasteiger charge is -2.30. The monoisotopic (exact) mass is 460 g/mol. The zero-order valence-electron chi connectivity index (χ0n) is 16.4. The van der Waals surface area contributed by atoms with Crippen molar-refractivity contribution < 1.29 is 31.5 Å². The number of amides is 1. The minimum Gasteiger partial charge on any atom is -0.493 e. The summed E-state index contributed by atoms with van der Waals surface area (Å²) in [5, 5.41) is 2.65. The van der Waals surface area contributed by atoms with Crippen molar-refractivity contribution in [2.24, 2.45) is 5.92 Å². The van der Waals surface area contributed by atoms with E-state index in [-0.39, 0.29) is 33.8 Å². The molecule has 1 unspecified atom stereocenters. The van der Waals surface area contributed by atoms with Gasteiger partial charge in [-0.3, -0.25) is 4.79 Å². The highest BCUT2D eigenvalue weighted by Gasteiger charge is 2.34. The molecule has 11 heteroatoms. The molecule has 1 aliphatic heterocycles. The molecular weight excluding hydrogens is 438 g/mol. The molecule has 0 aliphatic carbocycles. The summed E-state index contributed by atoms with van der Waals surface area (Å²) in [4.78, 5) is 13.6. The number of aryl methyl sites for hydroxylation is 1. The van der Waals surface area contributed by atoms with Gasteiger partial charge in [-0.1, -0.05) is 0 Å². The molecule has 1 amide bonds. The molecule has 1 aromatic heterocycles. The van der Waals surface area contributed by atoms with E-state index in [4.69, 9.17) is 4.74 Å². The van der Waals surface area contributed by atoms with Gasteiger partial charge in [0.1, 0.15) is 4.21 Å². The maximum Gasteiger partial charge on any atom is 0.387 e. The molecular formula is C19H22F2N2O5S2. The van der Waals surface area contributed by atoms with Gasteiger partial charge >= 0.3 is 6.61 Å². The number of sulfonamides is 1. The van der Waals surface area contributed by atoms with Crippen molar-refractivity contribution in [3.63, 3.8) is 0 Å². The van der Waals surface area contributed by atoms with Crippen LogP contribution in [0.2, 0.25) is 0 Å². The first-order chi connectivity index (χ1) is 14.2. The predicted octanol–water partition coefficient (Wildman–Crippen LogP) is 3.71. The first-order valence-electron chi connectivity index (χ1n) is 9.21. The largest absolute Gasteiger partial charge is 0.493 e. The Kier molecular flexibility index (Phi) is 6.94. The number of benzene rings is 1. The Bertz CT molecular complexity index is 1010. The van der Waals surface area contributed by atoms with Crippen LogP contribution in [0.5, 0.6) is 11.5 Å². The Labute approximate surface area is 177 Å². The fourth-order valence-corrected chi connectivity index (χ4v) is 6.20. The van der Waals surface area contributed by atoms with E-state index in [0.717, 1.165) is 4.88 Å². The lowest BCUT2D eigenvalue weighted by molar-refractivity contribution is -0.120. The highest BCUT2D eigenvalue weighted by atomic mass is 32.2. The molecule has 30 heavy (non-hydrogen) atoms. The number of methoxy groups -OCH3 is 1. The summed E-state index contributed by atoms with van der Waals surface area (Å²) in [5.74, 6) is -1.04. The number of anilines is 1. The van der Waals surface area contributed by atoms with Crippen molar-refractivity contribution in [1.29, 1.82) is 0 Å². The van der Waals surface area contributed by atoms with Gasteiger partial charge in [0.25, 0.3) is 10.0 Å². The smallest absolute Gasteiger partial charge is 0.387 e. The van der Waals surface area contributed by atoms with Gasteiger partial charge in [-0.2, -0.15) is 13.1 Å². The van der Waals surface area contributed by atoms with Crippen molar-refractivity contribution in [3.05, 3.63) is 35.2 Å². The number of hydrogen-bond donors (Lipinski definition) is 1. The maximum absolute atomic E-state index is 12.8. The number of ether oxygens (including phenoxy) is 2. The standard InChI is InChI=1S/C19H22F2N2O5S2/c1-12-5-8-17(29-12)30(25,26)23-9-3-4-13(11-23)18(24)22-14-6-7-15(27-2)16(10-14)28-19(20)21/h5-8,10,13,19H,3-4,9,11H2,1-2H3,(H,22,24). The zero-order chi connectivity index (χ0) is 21.9. The maximum atomic E-state index is 12.8. The minimum absolute atomic E-state index is 0.0572. The van der Waals surface area contributed by atoms with Gasteiger partial charge in [0.05, 0.1) is 13.0 Å². The van der Waals surface area contributed by atoms with Gasteiger partial charge in [-0.25, -0.2) is 8.42 Å². The number of piperidine rings is 1. The summed E-state index contributed by atoms with van der Waals surface area (Å²) in [5.41, 5.74) is 0.255. The summed E-state index contributed by atoms with van der Waals surface area (Å²) < 4.78 is 61.9. The minimum atomic E-state index is -3.66. The number of hydrogen-bond acceptors (Lipinski definition) is 6. The van der Waals surface area contributed by atoms with E-state index in [1.807, 2.05) is 6.92 Å². The molecule has 1 aliphatic rings. The van der Waals surface area contributed by atoms with Crippen molar-refractivity contribution in [2.45, 2.75) is 30.6 Å². The summed E-state index contributed by atoms with van der Waals surface area (Å²) in [6, 6.07) is 7.47. The van der Waals surface area contributed by atoms with Crippen LogP contribution in [0.1, 0.15) is 17.7 Å². The number of thiophene rings is 1. The Morgan fingerprint density at radius 3 is 2.67 bits per heavy atom. The second kappa shape index (κ2) is 9.27. The highest BCUT2D eigenvalue weighted by molar-refractivity contribution is 7.91. The summed E-state index contributed by atoms with van der Waals surface area (Å²) in [7, 11) is -2.34. The number of rotatable bonds is 7. The average Bonchev–Trinajstić information content (AvgIpc) is 3.15. The molecule has 164 valence electrons. The third kappa shape index (κ3) is 5.08. The van der Waals surface area contributed by atoms with Crippen LogP contribution in [0, 0.1) is 12.8 Å². The predicted molar refractivity (Wildman–Crippen MR) is 109 cm³/mol. The Morgan fingerprint density at radius 1 is 1.27 bits per heavy atom. The number of halogens is 2. The molecule has 1 N–H and O–H groups in total. The van der Waals surface area contributed by atoms with Crippen LogP contribution in [-0.2, 0) is 14.8 Å². The van der Waals surface area contributed by atoms with Crippen molar-refractivity contribution in [2.75, 3.05) is 25.5 Å². The Balaban J connectivity index is 1.71. The molecule has 2 heterocycles. The van der Waals surface area contributed by atoms with Gasteiger partial charge in [0.15, 0.2) is 11.5 Å². The number of nitrogens with one attached hydrogen (secondary N) is 1. The first kappa shape index (κ1) is 22.4. The quantitative estimate of drug-likeness (QED) is 0.681. The lowest BCUT2D eigenvalue weighted by Crippen LogP contribution is -2.43. The fourth-order valence-electron chi connectivity index (χ4n) is 3.24. The van der Waals surface area contributed by atoms with Crippen LogP contribution < -0.4 is 14.8 Å². The van der Waals surface area contributed by atoms with Crippen molar-refractivity contribution >= 4 is 33.0 Å². The van der Waals surface area contributed by atoms with Gasteiger partial charge in [0.2, 0.25) is 5.91 Å². The van der Waals surface area contributed by atoms with Crippen LogP contribution in [0.25, 0.3) is 0 Å². The van der Waals surface area contributed by atoms with Gasteiger partial charge in [-0.05, 0) is 44.0 Å². The summed E-state index contributed by atoms with van der Waals surface area (Å²) in [6.07, 6.45) is 1.07. The molecule has 0 saturated carbocycles. The van der Waals surface area contributed by atoms with E-state index in [1.54, 1.807) is 12.1 Å². The molecule has 1 fully saturated rings. The number of carbonyl (C=O) groups is 1. The van der Waals surface area contributed by atoms with Crippen molar-refractivity contribution in [1.82, 2.24) is 4.31 Å². The topological polar surface area (TPSA) is 84.9 Å². The lowest BCUT2D eigenvalue weighted by atomic mass is 9.98. The van der Waals surface area contributed by atoms with Crippen LogP contribution in [0.15, 0.2) is 34.5 Å². The Hall–Kier alpha value is -2.24. The molecule has 1 saturated heterocycles. The third-order valence-electron chi connectivity index (χ3n) is 4.71. The first-order valence-corrected chi connectivity index (χ1v) is 11.5. The second-order valence-corrected chi connectivity index (χ2v) is 10.3. The molecule has 3 rings (SSSR count). The van der Waals surface area contributed by atoms with E-state index in [1.165, 1.54) is 41.0 Å². The fraction of sp³-hybridized carbons (Fsp3) is 0.421. The van der Waals surface area contributed by atoms with E-state index >= 15 is 0 Å². The van der Waals surface area contributed by atoms with E-state index in [0.29, 0.717) is 19.4 Å². The number of alkyl halides is 2. The molecule has 0 bridgehead atoms. The van der Waals surface area contributed by atoms with E-state index in [2.05, 4.69) is 10.1 Å². The third-order valence-corrected chi connectivity index (χ3v) is 8.05. The van der Waals surface area contributed by atoms with Gasteiger partial charge in [-0.15, -0.1) is 11.3 Å². The highest BCUT2D eigenvalue weighted by Crippen LogP contribution is 2.32. The molecule has 1 aromatic carbocycles. The van der Waals surface area contributed by atoms with E-state index < -0.39 is 22.6 Å². The number of nitrogens with zero attached hydrogens (tertiary/aromatic N) is 1. The molecule has 7 nitrogen and oxygen atoms in total. The van der Waals surface area contributed by atoms with Gasteiger partial charge in [0, 0.05) is 29.7 Å². The molecule has 0 spiro atoms. The van der Waals surface area contributed by atoms with Crippen LogP contribution in [0.3, 0.4) is 0 Å². The molecule has 0 radical (unpaired) electrons. The molecule has 2 aromatic rings. The summed E-state index contributed by atoms with van der Waals surface area (Å²) >= 11 is 1.19. The average molecular weight is 461 g/mol. The molecule has 1 atom stereocenters. The van der Waals surface area contributed by atoms with Crippen LogP contribution in [-0.4, -0.2) is 45.4 Å². The SMILES string of the molecule is COc1ccc(NC(=O)C2CCCN(S(=O)(=O)c3ccc(C)s3)C2)cc1OC(F)F. The Morgan fingerprint density at radius 2 is 2.03 bits per heavy atom. The van der Waals surface area contributed by atoms with E-state index in [9.17, 15) is 22.0 Å². The van der Waals surface area contributed by atoms with Crippen LogP contribution in [0.4, 0.5) is 14.5 Å². The van der Waals surface area contributed by atoms with Crippen LogP contribution >= 0.6 is 11.3 Å². The van der Waals surface area contributed by atoms with Crippen molar-refractivity contribution in [3.8, 4) is 11.5 Å². The number of carbonyl (C=O) groups excluding carboxylic acids is 1. The normalized spacial score (nSPS) is 17.7. The van der Waals surface area contributed by atoms with Gasteiger partial charge < -0.3 is 14.8 Å².